The van der Waals surface area contributed by atoms with Crippen LogP contribution in [-0.4, -0.2) is 37.5 Å². The third-order valence-corrected chi connectivity index (χ3v) is 5.73. The molecule has 0 radical (unpaired) electrons. The van der Waals surface area contributed by atoms with Crippen LogP contribution in [0.2, 0.25) is 0 Å². The Balaban J connectivity index is 1.29. The molecule has 0 aliphatic heterocycles. The van der Waals surface area contributed by atoms with E-state index in [-0.39, 0.29) is 24.3 Å². The number of ether oxygens (including phenoxy) is 3. The second kappa shape index (κ2) is 15.6. The summed E-state index contributed by atoms with van der Waals surface area (Å²) in [4.78, 5) is 35.4. The van der Waals surface area contributed by atoms with Gasteiger partial charge in [0.05, 0.1) is 13.7 Å². The van der Waals surface area contributed by atoms with E-state index in [1.165, 1.54) is 7.11 Å². The molecule has 0 atom stereocenters. The number of benzene rings is 3. The van der Waals surface area contributed by atoms with Crippen molar-refractivity contribution in [2.24, 2.45) is 0 Å². The number of esters is 1. The van der Waals surface area contributed by atoms with E-state index in [0.717, 1.165) is 11.1 Å². The first-order chi connectivity index (χ1) is 18.9. The zero-order valence-corrected chi connectivity index (χ0v) is 21.9. The minimum atomic E-state index is -0.694. The van der Waals surface area contributed by atoms with Gasteiger partial charge in [0.1, 0.15) is 18.2 Å². The maximum absolute atomic E-state index is 12.2. The summed E-state index contributed by atoms with van der Waals surface area (Å²) in [7, 11) is 1.37. The van der Waals surface area contributed by atoms with Gasteiger partial charge >= 0.3 is 12.1 Å². The molecule has 2 amide bonds. The summed E-state index contributed by atoms with van der Waals surface area (Å²) < 4.78 is 15.5. The zero-order chi connectivity index (χ0) is 27.9. The Morgan fingerprint density at radius 2 is 1.54 bits per heavy atom. The number of rotatable bonds is 13. The second-order valence-corrected chi connectivity index (χ2v) is 8.71. The Labute approximate surface area is 228 Å². The number of nitrogens with one attached hydrogen (secondary N) is 3. The summed E-state index contributed by atoms with van der Waals surface area (Å²) in [6.07, 6.45) is 1.96. The molecule has 3 aromatic rings. The average Bonchev–Trinajstić information content (AvgIpc) is 2.96. The number of unbranched alkanes of at least 4 members (excludes halogenated alkanes) is 1. The van der Waals surface area contributed by atoms with E-state index in [0.29, 0.717) is 55.7 Å². The molecule has 204 valence electrons. The molecule has 0 unspecified atom stereocenters. The first-order valence-electron chi connectivity index (χ1n) is 12.7. The lowest BCUT2D eigenvalue weighted by Gasteiger charge is -2.10. The summed E-state index contributed by atoms with van der Waals surface area (Å²) >= 11 is 0. The quantitative estimate of drug-likeness (QED) is 0.120. The van der Waals surface area contributed by atoms with Crippen LogP contribution in [0, 0.1) is 5.41 Å². The summed E-state index contributed by atoms with van der Waals surface area (Å²) in [6, 6.07) is 23.5. The Morgan fingerprint density at radius 1 is 0.821 bits per heavy atom. The molecule has 3 aromatic carbocycles. The van der Waals surface area contributed by atoms with Crippen LogP contribution in [0.1, 0.15) is 42.4 Å². The highest BCUT2D eigenvalue weighted by molar-refractivity contribution is 6.04. The highest BCUT2D eigenvalue weighted by atomic mass is 16.5. The van der Waals surface area contributed by atoms with E-state index < -0.39 is 6.09 Å². The number of aryl methyl sites for hydroxylation is 1. The third kappa shape index (κ3) is 10.7. The zero-order valence-electron chi connectivity index (χ0n) is 21.9. The standard InChI is InChI=1S/C30H33N3O6/c1-37-28(35)19-12-22-10-15-25(16-11-22)32-27(34)9-5-6-20-38-26-17-13-24(14-18-26)29(31)33-30(36)39-21-23-7-3-2-4-8-23/h2-4,7-8,10-11,13-18H,5-6,9,12,19-21H2,1H3,(H,32,34)(H2,31,33,36). The maximum atomic E-state index is 12.2. The topological polar surface area (TPSA) is 127 Å². The fraction of sp³-hybridized carbons (Fsp3) is 0.267. The first kappa shape index (κ1) is 28.9. The minimum Gasteiger partial charge on any atom is -0.494 e. The van der Waals surface area contributed by atoms with Gasteiger partial charge < -0.3 is 19.5 Å². The number of alkyl carbamates (subject to hydrolysis) is 1. The fourth-order valence-electron chi connectivity index (χ4n) is 3.56. The van der Waals surface area contributed by atoms with Gasteiger partial charge in [0, 0.05) is 24.1 Å². The van der Waals surface area contributed by atoms with E-state index in [1.54, 1.807) is 24.3 Å². The maximum Gasteiger partial charge on any atom is 0.413 e. The van der Waals surface area contributed by atoms with Gasteiger partial charge in [-0.25, -0.2) is 4.79 Å². The Kier molecular flexibility index (Phi) is 11.5. The van der Waals surface area contributed by atoms with E-state index in [1.807, 2.05) is 54.6 Å². The van der Waals surface area contributed by atoms with Crippen molar-refractivity contribution in [3.63, 3.8) is 0 Å². The summed E-state index contributed by atoms with van der Waals surface area (Å²) in [5, 5.41) is 13.4. The lowest BCUT2D eigenvalue weighted by molar-refractivity contribution is -0.140. The van der Waals surface area contributed by atoms with Crippen LogP contribution in [0.3, 0.4) is 0 Å². The number of amides is 2. The lowest BCUT2D eigenvalue weighted by atomic mass is 10.1. The van der Waals surface area contributed by atoms with Crippen LogP contribution in [0.25, 0.3) is 0 Å². The third-order valence-electron chi connectivity index (χ3n) is 5.73. The van der Waals surface area contributed by atoms with Gasteiger partial charge in [-0.2, -0.15) is 0 Å². The van der Waals surface area contributed by atoms with E-state index >= 15 is 0 Å². The predicted octanol–water partition coefficient (Wildman–Crippen LogP) is 5.23. The minimum absolute atomic E-state index is 0.0681. The first-order valence-corrected chi connectivity index (χ1v) is 12.7. The Bertz CT molecular complexity index is 1230. The number of carbonyl (C=O) groups excluding carboxylic acids is 3. The smallest absolute Gasteiger partial charge is 0.413 e. The fourth-order valence-corrected chi connectivity index (χ4v) is 3.56. The van der Waals surface area contributed by atoms with Gasteiger partial charge in [-0.15, -0.1) is 0 Å². The highest BCUT2D eigenvalue weighted by Gasteiger charge is 2.09. The van der Waals surface area contributed by atoms with Crippen molar-refractivity contribution in [1.82, 2.24) is 5.32 Å². The number of hydrogen-bond donors (Lipinski definition) is 3. The van der Waals surface area contributed by atoms with Crippen LogP contribution in [0.5, 0.6) is 5.75 Å². The average molecular weight is 532 g/mol. The number of amidine groups is 1. The van der Waals surface area contributed by atoms with Crippen molar-refractivity contribution in [3.05, 3.63) is 95.6 Å². The highest BCUT2D eigenvalue weighted by Crippen LogP contribution is 2.14. The SMILES string of the molecule is COC(=O)CCc1ccc(NC(=O)CCCCOc2ccc(C(=N)NC(=O)OCc3ccccc3)cc2)cc1. The van der Waals surface area contributed by atoms with Crippen LogP contribution in [-0.2, 0) is 32.1 Å². The van der Waals surface area contributed by atoms with E-state index in [2.05, 4.69) is 15.4 Å². The van der Waals surface area contributed by atoms with Gasteiger partial charge in [0.2, 0.25) is 5.91 Å². The molecule has 3 N–H and O–H groups in total. The molecular weight excluding hydrogens is 498 g/mol. The Hall–Kier alpha value is -4.66. The van der Waals surface area contributed by atoms with E-state index in [9.17, 15) is 14.4 Å². The Morgan fingerprint density at radius 3 is 2.23 bits per heavy atom. The van der Waals surface area contributed by atoms with Crippen LogP contribution < -0.4 is 15.4 Å². The number of anilines is 1. The normalized spacial score (nSPS) is 10.3. The monoisotopic (exact) mass is 531 g/mol. The van der Waals surface area contributed by atoms with Gasteiger partial charge in [0.25, 0.3) is 0 Å². The van der Waals surface area contributed by atoms with Gasteiger partial charge in [-0.3, -0.25) is 20.3 Å². The largest absolute Gasteiger partial charge is 0.494 e. The summed E-state index contributed by atoms with van der Waals surface area (Å²) in [6.45, 7) is 0.574. The molecule has 3 rings (SSSR count). The molecule has 0 aromatic heterocycles. The van der Waals surface area contributed by atoms with Gasteiger partial charge in [0.15, 0.2) is 0 Å². The molecule has 9 nitrogen and oxygen atoms in total. The van der Waals surface area contributed by atoms with Gasteiger partial charge in [-0.05, 0) is 66.8 Å². The molecule has 0 bridgehead atoms. The van der Waals surface area contributed by atoms with Crippen molar-refractivity contribution in [2.45, 2.75) is 38.7 Å². The van der Waals surface area contributed by atoms with Crippen LogP contribution >= 0.6 is 0 Å². The number of hydrogen-bond acceptors (Lipinski definition) is 7. The second-order valence-electron chi connectivity index (χ2n) is 8.71. The lowest BCUT2D eigenvalue weighted by Crippen LogP contribution is -2.30. The van der Waals surface area contributed by atoms with Gasteiger partial charge in [-0.1, -0.05) is 42.5 Å². The molecular formula is C30H33N3O6. The van der Waals surface area contributed by atoms with Crippen molar-refractivity contribution in [2.75, 3.05) is 19.0 Å². The number of carbonyl (C=O) groups is 3. The molecule has 0 saturated heterocycles. The van der Waals surface area contributed by atoms with Crippen molar-refractivity contribution in [1.29, 1.82) is 5.41 Å². The molecule has 39 heavy (non-hydrogen) atoms. The predicted molar refractivity (Wildman–Crippen MR) is 148 cm³/mol. The molecule has 0 aliphatic rings. The van der Waals surface area contributed by atoms with Crippen molar-refractivity contribution in [3.8, 4) is 5.75 Å². The molecule has 9 heteroatoms. The van der Waals surface area contributed by atoms with Crippen molar-refractivity contribution >= 4 is 29.5 Å². The molecule has 0 saturated carbocycles. The molecule has 0 fully saturated rings. The molecule has 0 aliphatic carbocycles. The molecule has 0 spiro atoms. The van der Waals surface area contributed by atoms with Crippen LogP contribution in [0.4, 0.5) is 10.5 Å². The number of methoxy groups -OCH3 is 1. The molecule has 0 heterocycles. The van der Waals surface area contributed by atoms with Crippen molar-refractivity contribution < 1.29 is 28.6 Å². The summed E-state index contributed by atoms with van der Waals surface area (Å²) in [5.74, 6) is 0.242. The summed E-state index contributed by atoms with van der Waals surface area (Å²) in [5.41, 5.74) is 3.09. The van der Waals surface area contributed by atoms with E-state index in [4.69, 9.17) is 14.9 Å². The van der Waals surface area contributed by atoms with Crippen LogP contribution in [0.15, 0.2) is 78.9 Å².